The second kappa shape index (κ2) is 38.3. The number of amides is 3. The third-order valence-corrected chi connectivity index (χ3v) is 17.6. The summed E-state index contributed by atoms with van der Waals surface area (Å²) in [6.45, 7) is 18.3. The van der Waals surface area contributed by atoms with Gasteiger partial charge < -0.3 is 74.5 Å². The van der Waals surface area contributed by atoms with Crippen molar-refractivity contribution < 1.29 is 56.5 Å². The Bertz CT molecular complexity index is 4040. The van der Waals surface area contributed by atoms with Crippen LogP contribution in [0.5, 0.6) is 34.5 Å². The number of imidazole rings is 1. The van der Waals surface area contributed by atoms with Gasteiger partial charge in [-0.25, -0.2) is 14.0 Å². The zero-order chi connectivity index (χ0) is 71.7. The van der Waals surface area contributed by atoms with Gasteiger partial charge >= 0.3 is 5.69 Å². The van der Waals surface area contributed by atoms with E-state index in [-0.39, 0.29) is 55.2 Å². The summed E-state index contributed by atoms with van der Waals surface area (Å²) in [4.78, 5) is 79.2. The van der Waals surface area contributed by atoms with Gasteiger partial charge in [0.15, 0.2) is 28.2 Å². The number of hydrogen-bond donors (Lipinski definition) is 7. The van der Waals surface area contributed by atoms with Crippen molar-refractivity contribution in [1.29, 1.82) is 5.41 Å². The Kier molecular flexibility index (Phi) is 29.3. The maximum Gasteiger partial charge on any atom is 0.328 e. The van der Waals surface area contributed by atoms with Crippen LogP contribution in [0.25, 0.3) is 22.2 Å². The number of nitrogens with one attached hydrogen (secondary N) is 7. The van der Waals surface area contributed by atoms with Crippen LogP contribution in [0.3, 0.4) is 0 Å². The fraction of sp³-hybridized carbons (Fsp3) is 0.458. The van der Waals surface area contributed by atoms with Gasteiger partial charge in [0.1, 0.15) is 23.1 Å². The number of nitrogens with zero attached hydrogens (tertiary/aromatic N) is 6. The number of piperazine rings is 1. The molecule has 1 aliphatic rings. The molecule has 100 heavy (non-hydrogen) atoms. The molecule has 7 N–H and O–H groups in total. The number of unbranched alkanes of at least 4 members (excludes halogenated alkanes) is 1. The number of fused-ring (bicyclic) bond motifs is 1. The highest BCUT2D eigenvalue weighted by Crippen LogP contribution is 2.39. The van der Waals surface area contributed by atoms with Crippen LogP contribution in [0, 0.1) is 19.3 Å². The number of carbonyl (C=O) groups excluding carboxylic acids is 3. The highest BCUT2D eigenvalue weighted by molar-refractivity contribution is 7.86. The SMILES string of the molecule is CCCOc1cc(OCCCCN(C)CC(=O)NCCOCCOCCOCCC(=O)NCCN2CCN(c3ccc(-c4cc(NC(C)C)c(C=N)c(C(=O)NCc5c(C)cc(C)[nH]c5=O)c4)cn3)CC2)cc(Oc2cc3c(cc2NS(=O)c2ccc(OC)c(OC)c2)n(C)c(=O)n3C)c1. The summed E-state index contributed by atoms with van der Waals surface area (Å²) in [5.41, 5.74) is 6.11. The van der Waals surface area contributed by atoms with Crippen molar-refractivity contribution in [3.05, 3.63) is 134 Å². The minimum absolute atomic E-state index is 0.0378. The number of ether oxygens (including phenoxy) is 8. The predicted molar refractivity (Wildman–Crippen MR) is 388 cm³/mol. The second-order valence-electron chi connectivity index (χ2n) is 24.6. The molecule has 1 atom stereocenters. The van der Waals surface area contributed by atoms with E-state index in [0.717, 1.165) is 73.8 Å². The number of H-pyrrole nitrogens is 1. The molecule has 0 spiro atoms. The van der Waals surface area contributed by atoms with Crippen LogP contribution < -0.4 is 65.8 Å². The zero-order valence-electron chi connectivity index (χ0n) is 59.1. The first kappa shape index (κ1) is 76.4. The summed E-state index contributed by atoms with van der Waals surface area (Å²) in [7, 11) is 6.49. The molecule has 0 aliphatic carbocycles. The molecule has 0 radical (unpaired) electrons. The maximum absolute atomic E-state index is 13.8. The Morgan fingerprint density at radius 2 is 1.40 bits per heavy atom. The van der Waals surface area contributed by atoms with Gasteiger partial charge in [0.2, 0.25) is 11.8 Å². The Balaban J connectivity index is 0.651. The Hall–Kier alpha value is -9.32. The standard InChI is InChI=1S/C72H97N13O14S/c1-11-27-97-53-38-54(40-55(39-53)99-65-43-63-62(82(7)72(90)83(63)8)42-61(65)80-100(91)56-15-16-64(92-9)66(41-56)93-10)98-28-13-12-21-81(6)47-69(87)75-20-30-95-32-34-96-33-31-94-29-18-68(86)74-19-22-84-23-25-85(26-24-84)67-17-14-51(45-76-67)52-36-57(58(44-73)60(37-52)78-48(2)3)70(88)77-46-59-49(4)35-50(5)79-71(59)89/h14-17,35-45,48,73,78,80H,11-13,18-34,46-47H2,1-10H3,(H,74,86)(H,75,87)(H,77,88)(H,79,89). The summed E-state index contributed by atoms with van der Waals surface area (Å²) in [6.07, 6.45) is 5.48. The first-order valence-electron chi connectivity index (χ1n) is 33.8. The van der Waals surface area contributed by atoms with E-state index in [2.05, 4.69) is 40.8 Å². The number of hydrogen-bond acceptors (Lipinski definition) is 20. The average Bonchev–Trinajstić information content (AvgIpc) is 1.67. The van der Waals surface area contributed by atoms with Crippen molar-refractivity contribution in [2.24, 2.45) is 14.1 Å². The highest BCUT2D eigenvalue weighted by atomic mass is 32.2. The van der Waals surface area contributed by atoms with Gasteiger partial charge in [-0.1, -0.05) is 6.92 Å². The van der Waals surface area contributed by atoms with Crippen LogP contribution in [0.4, 0.5) is 17.2 Å². The molecule has 8 rings (SSSR count). The predicted octanol–water partition coefficient (Wildman–Crippen LogP) is 7.31. The van der Waals surface area contributed by atoms with E-state index in [1.807, 2.05) is 70.8 Å². The van der Waals surface area contributed by atoms with E-state index >= 15 is 0 Å². The number of aromatic amines is 1. The third kappa shape index (κ3) is 22.1. The molecule has 3 amide bonds. The molecule has 28 heteroatoms. The van der Waals surface area contributed by atoms with Gasteiger partial charge in [0.25, 0.3) is 11.5 Å². The van der Waals surface area contributed by atoms with Gasteiger partial charge in [-0.15, -0.1) is 0 Å². The van der Waals surface area contributed by atoms with E-state index in [0.29, 0.717) is 151 Å². The highest BCUT2D eigenvalue weighted by Gasteiger charge is 2.23. The molecule has 27 nitrogen and oxygen atoms in total. The third-order valence-electron chi connectivity index (χ3n) is 16.6. The summed E-state index contributed by atoms with van der Waals surface area (Å²) in [5.74, 6) is 2.95. The molecule has 540 valence electrons. The fourth-order valence-electron chi connectivity index (χ4n) is 11.3. The van der Waals surface area contributed by atoms with Gasteiger partial charge in [-0.3, -0.25) is 42.8 Å². The van der Waals surface area contributed by atoms with E-state index in [1.54, 1.807) is 74.9 Å². The maximum atomic E-state index is 13.8. The Labute approximate surface area is 586 Å². The minimum atomic E-state index is -1.78. The number of benzene rings is 4. The molecular formula is C72H97N13O14S. The molecule has 4 heterocycles. The van der Waals surface area contributed by atoms with Crippen molar-refractivity contribution in [2.75, 3.05) is 148 Å². The van der Waals surface area contributed by atoms with Crippen molar-refractivity contribution in [3.8, 4) is 45.6 Å². The number of rotatable bonds is 41. The first-order chi connectivity index (χ1) is 48.2. The van der Waals surface area contributed by atoms with Crippen molar-refractivity contribution in [3.63, 3.8) is 0 Å². The average molecular weight is 1400 g/mol. The smallest absolute Gasteiger partial charge is 0.328 e. The zero-order valence-corrected chi connectivity index (χ0v) is 59.9. The lowest BCUT2D eigenvalue weighted by Crippen LogP contribution is -2.48. The largest absolute Gasteiger partial charge is 0.493 e. The van der Waals surface area contributed by atoms with E-state index in [9.17, 15) is 28.2 Å². The molecule has 4 aromatic carbocycles. The summed E-state index contributed by atoms with van der Waals surface area (Å²) < 4.78 is 66.4. The molecular weight excluding hydrogens is 1300 g/mol. The molecule has 1 fully saturated rings. The summed E-state index contributed by atoms with van der Waals surface area (Å²) in [6, 6.07) is 23.3. The van der Waals surface area contributed by atoms with Crippen LogP contribution in [-0.2, 0) is 55.4 Å². The number of aryl methyl sites for hydroxylation is 4. The minimum Gasteiger partial charge on any atom is -0.493 e. The van der Waals surface area contributed by atoms with E-state index < -0.39 is 16.9 Å². The lowest BCUT2D eigenvalue weighted by atomic mass is 9.97. The van der Waals surface area contributed by atoms with Crippen molar-refractivity contribution in [2.45, 2.75) is 77.8 Å². The fourth-order valence-corrected chi connectivity index (χ4v) is 12.2. The van der Waals surface area contributed by atoms with Crippen LogP contribution in [0.1, 0.15) is 79.2 Å². The van der Waals surface area contributed by atoms with Gasteiger partial charge in [-0.2, -0.15) is 0 Å². The number of methoxy groups -OCH3 is 2. The summed E-state index contributed by atoms with van der Waals surface area (Å²) >= 11 is 0. The Morgan fingerprint density at radius 1 is 0.720 bits per heavy atom. The molecule has 0 saturated carbocycles. The lowest BCUT2D eigenvalue weighted by molar-refractivity contribution is -0.123. The molecule has 1 aliphatic heterocycles. The molecule has 1 unspecified atom stereocenters. The van der Waals surface area contributed by atoms with Crippen LogP contribution in [-0.4, -0.2) is 196 Å². The number of anilines is 3. The van der Waals surface area contributed by atoms with Crippen LogP contribution >= 0.6 is 0 Å². The summed E-state index contributed by atoms with van der Waals surface area (Å²) in [5, 5.41) is 20.4. The van der Waals surface area contributed by atoms with E-state index in [1.165, 1.54) is 29.6 Å². The van der Waals surface area contributed by atoms with Crippen molar-refractivity contribution >= 4 is 63.1 Å². The van der Waals surface area contributed by atoms with E-state index in [4.69, 9.17) is 48.3 Å². The topological polar surface area (TPSA) is 309 Å². The number of aromatic nitrogens is 4. The van der Waals surface area contributed by atoms with Gasteiger partial charge in [0, 0.05) is 150 Å². The molecule has 0 bridgehead atoms. The number of pyridine rings is 2. The number of likely N-dealkylation sites (N-methyl/N-ethyl adjacent to an activating group) is 1. The van der Waals surface area contributed by atoms with Gasteiger partial charge in [-0.05, 0) is 120 Å². The van der Waals surface area contributed by atoms with Crippen LogP contribution in [0.15, 0.2) is 99.5 Å². The molecule has 7 aromatic rings. The monoisotopic (exact) mass is 1400 g/mol. The van der Waals surface area contributed by atoms with Crippen molar-refractivity contribution in [1.82, 2.24) is 44.9 Å². The number of carbonyl (C=O) groups is 3. The first-order valence-corrected chi connectivity index (χ1v) is 34.9. The van der Waals surface area contributed by atoms with Gasteiger partial charge in [0.05, 0.1) is 101 Å². The molecule has 3 aromatic heterocycles. The normalized spacial score (nSPS) is 12.7. The molecule has 1 saturated heterocycles. The quantitative estimate of drug-likeness (QED) is 0.0146. The lowest BCUT2D eigenvalue weighted by Gasteiger charge is -2.35. The Morgan fingerprint density at radius 3 is 2.07 bits per heavy atom. The second-order valence-corrected chi connectivity index (χ2v) is 25.8. The van der Waals surface area contributed by atoms with Crippen LogP contribution in [0.2, 0.25) is 0 Å².